The molecule has 2 rings (SSSR count). The lowest BCUT2D eigenvalue weighted by atomic mass is 9.80. The topological polar surface area (TPSA) is 63.3 Å². The van der Waals surface area contributed by atoms with Gasteiger partial charge in [0, 0.05) is 10.2 Å². The average molecular weight is 326 g/mol. The third-order valence-electron chi connectivity index (χ3n) is 4.05. The van der Waals surface area contributed by atoms with E-state index >= 15 is 0 Å². The maximum absolute atomic E-state index is 11.6. The molecule has 0 amide bonds. The second kappa shape index (κ2) is 6.42. The Hall–Kier alpha value is -1.03. The van der Waals surface area contributed by atoms with Crippen LogP contribution in [0.1, 0.15) is 50.0 Å². The van der Waals surface area contributed by atoms with Crippen LogP contribution in [0.3, 0.4) is 0 Å². The van der Waals surface area contributed by atoms with Crippen molar-refractivity contribution in [3.8, 4) is 0 Å². The summed E-state index contributed by atoms with van der Waals surface area (Å²) >= 11 is 3.37. The zero-order chi connectivity index (χ0) is 13.8. The number of rotatable bonds is 4. The van der Waals surface area contributed by atoms with Crippen molar-refractivity contribution in [2.75, 3.05) is 5.73 Å². The number of anilines is 1. The molecule has 1 aromatic rings. The van der Waals surface area contributed by atoms with Gasteiger partial charge in [0.15, 0.2) is 0 Å². The molecule has 3 nitrogen and oxygen atoms in total. The Bertz CT molecular complexity index is 455. The highest BCUT2D eigenvalue weighted by Crippen LogP contribution is 2.37. The molecule has 4 heteroatoms. The molecule has 0 bridgehead atoms. The van der Waals surface area contributed by atoms with Crippen molar-refractivity contribution in [2.24, 2.45) is 5.92 Å². The van der Waals surface area contributed by atoms with E-state index in [4.69, 9.17) is 5.73 Å². The highest BCUT2D eigenvalue weighted by atomic mass is 79.9. The number of hydrogen-bond acceptors (Lipinski definition) is 2. The first kappa shape index (κ1) is 14.4. The maximum atomic E-state index is 11.6. The van der Waals surface area contributed by atoms with Crippen LogP contribution in [0, 0.1) is 5.92 Å². The number of halogens is 1. The van der Waals surface area contributed by atoms with E-state index in [0.29, 0.717) is 18.0 Å². The van der Waals surface area contributed by atoms with Crippen LogP contribution in [0.5, 0.6) is 0 Å². The molecule has 104 valence electrons. The van der Waals surface area contributed by atoms with E-state index in [9.17, 15) is 9.90 Å². The van der Waals surface area contributed by atoms with Crippen LogP contribution in [0.15, 0.2) is 22.7 Å². The van der Waals surface area contributed by atoms with Gasteiger partial charge >= 0.3 is 5.97 Å². The Labute approximate surface area is 122 Å². The van der Waals surface area contributed by atoms with E-state index in [1.807, 2.05) is 18.2 Å². The van der Waals surface area contributed by atoms with Crippen LogP contribution in [-0.4, -0.2) is 11.1 Å². The first-order chi connectivity index (χ1) is 9.09. The van der Waals surface area contributed by atoms with Gasteiger partial charge in [-0.15, -0.1) is 0 Å². The quantitative estimate of drug-likeness (QED) is 0.816. The molecular formula is C15H20BrNO2. The molecule has 0 spiro atoms. The van der Waals surface area contributed by atoms with Crippen LogP contribution in [0.25, 0.3) is 0 Å². The second-order valence-electron chi connectivity index (χ2n) is 5.37. The molecule has 1 atom stereocenters. The molecule has 1 aliphatic rings. The summed E-state index contributed by atoms with van der Waals surface area (Å²) in [6, 6.07) is 5.53. The van der Waals surface area contributed by atoms with Crippen molar-refractivity contribution in [1.29, 1.82) is 0 Å². The fourth-order valence-electron chi connectivity index (χ4n) is 2.97. The fourth-order valence-corrected chi connectivity index (χ4v) is 3.36. The molecule has 1 aliphatic carbocycles. The summed E-state index contributed by atoms with van der Waals surface area (Å²) in [5.74, 6) is -0.732. The standard InChI is InChI=1S/C15H20BrNO2/c16-13-8-4-7-11(14(13)17)12(15(18)19)9-10-5-2-1-3-6-10/h4,7-8,10,12H,1-3,5-6,9,17H2,(H,18,19). The third kappa shape index (κ3) is 3.50. The minimum Gasteiger partial charge on any atom is -0.481 e. The van der Waals surface area contributed by atoms with Crippen molar-refractivity contribution in [3.63, 3.8) is 0 Å². The number of nitrogens with two attached hydrogens (primary N) is 1. The predicted octanol–water partition coefficient (Wildman–Crippen LogP) is 4.17. The molecule has 0 aromatic heterocycles. The van der Waals surface area contributed by atoms with Crippen molar-refractivity contribution in [3.05, 3.63) is 28.2 Å². The van der Waals surface area contributed by atoms with E-state index in [-0.39, 0.29) is 0 Å². The van der Waals surface area contributed by atoms with Gasteiger partial charge < -0.3 is 10.8 Å². The van der Waals surface area contributed by atoms with Gasteiger partial charge in [0.25, 0.3) is 0 Å². The van der Waals surface area contributed by atoms with E-state index in [2.05, 4.69) is 15.9 Å². The van der Waals surface area contributed by atoms with Crippen molar-refractivity contribution >= 4 is 27.6 Å². The summed E-state index contributed by atoms with van der Waals surface area (Å²) in [4.78, 5) is 11.6. The predicted molar refractivity (Wildman–Crippen MR) is 80.1 cm³/mol. The molecule has 0 heterocycles. The summed E-state index contributed by atoms with van der Waals surface area (Å²) in [5.41, 5.74) is 7.32. The van der Waals surface area contributed by atoms with Gasteiger partial charge in [0.05, 0.1) is 5.92 Å². The minimum absolute atomic E-state index is 0.486. The molecule has 0 saturated heterocycles. The Morgan fingerprint density at radius 2 is 2.05 bits per heavy atom. The monoisotopic (exact) mass is 325 g/mol. The number of carboxylic acids is 1. The van der Waals surface area contributed by atoms with Crippen molar-refractivity contribution in [2.45, 2.75) is 44.4 Å². The van der Waals surface area contributed by atoms with E-state index < -0.39 is 11.9 Å². The van der Waals surface area contributed by atoms with E-state index in [1.165, 1.54) is 19.3 Å². The van der Waals surface area contributed by atoms with Crippen LogP contribution >= 0.6 is 15.9 Å². The smallest absolute Gasteiger partial charge is 0.311 e. The van der Waals surface area contributed by atoms with Crippen LogP contribution in [0.4, 0.5) is 5.69 Å². The molecule has 0 aliphatic heterocycles. The maximum Gasteiger partial charge on any atom is 0.311 e. The number of hydrogen-bond donors (Lipinski definition) is 2. The molecule has 1 saturated carbocycles. The number of para-hydroxylation sites is 1. The first-order valence-electron chi connectivity index (χ1n) is 6.86. The van der Waals surface area contributed by atoms with Crippen molar-refractivity contribution < 1.29 is 9.90 Å². The summed E-state index contributed by atoms with van der Waals surface area (Å²) in [7, 11) is 0. The molecule has 1 unspecified atom stereocenters. The number of aliphatic carboxylic acids is 1. The largest absolute Gasteiger partial charge is 0.481 e. The van der Waals surface area contributed by atoms with Gasteiger partial charge in [-0.25, -0.2) is 0 Å². The summed E-state index contributed by atoms with van der Waals surface area (Å²) in [6.45, 7) is 0. The number of benzene rings is 1. The number of carboxylic acid groups (broad SMARTS) is 1. The van der Waals surface area contributed by atoms with Crippen LogP contribution in [-0.2, 0) is 4.79 Å². The summed E-state index contributed by atoms with van der Waals surface area (Å²) in [5, 5.41) is 9.50. The second-order valence-corrected chi connectivity index (χ2v) is 6.23. The van der Waals surface area contributed by atoms with Crippen molar-refractivity contribution in [1.82, 2.24) is 0 Å². The van der Waals surface area contributed by atoms with Gasteiger partial charge in [-0.05, 0) is 39.9 Å². The van der Waals surface area contributed by atoms with Gasteiger partial charge in [0.2, 0.25) is 0 Å². The summed E-state index contributed by atoms with van der Waals surface area (Å²) in [6.07, 6.45) is 6.74. The average Bonchev–Trinajstić information content (AvgIpc) is 2.40. The van der Waals surface area contributed by atoms with Gasteiger partial charge in [-0.3, -0.25) is 4.79 Å². The molecule has 0 radical (unpaired) electrons. The lowest BCUT2D eigenvalue weighted by molar-refractivity contribution is -0.139. The number of nitrogen functional groups attached to an aromatic ring is 1. The zero-order valence-corrected chi connectivity index (χ0v) is 12.5. The number of carbonyl (C=O) groups is 1. The lowest BCUT2D eigenvalue weighted by Crippen LogP contribution is -2.19. The van der Waals surface area contributed by atoms with Gasteiger partial charge in [-0.1, -0.05) is 44.2 Å². The zero-order valence-electron chi connectivity index (χ0n) is 10.9. The van der Waals surface area contributed by atoms with Crippen LogP contribution < -0.4 is 5.73 Å². The molecule has 1 aromatic carbocycles. The lowest BCUT2D eigenvalue weighted by Gasteiger charge is -2.25. The molecule has 3 N–H and O–H groups in total. The minimum atomic E-state index is -0.768. The Morgan fingerprint density at radius 3 is 2.68 bits per heavy atom. The van der Waals surface area contributed by atoms with Gasteiger partial charge in [-0.2, -0.15) is 0 Å². The molecular weight excluding hydrogens is 306 g/mol. The van der Waals surface area contributed by atoms with Gasteiger partial charge in [0.1, 0.15) is 0 Å². The fraction of sp³-hybridized carbons (Fsp3) is 0.533. The summed E-state index contributed by atoms with van der Waals surface area (Å²) < 4.78 is 0.778. The third-order valence-corrected chi connectivity index (χ3v) is 4.75. The first-order valence-corrected chi connectivity index (χ1v) is 7.65. The Morgan fingerprint density at radius 1 is 1.37 bits per heavy atom. The Kier molecular flexibility index (Phi) is 4.86. The van der Waals surface area contributed by atoms with Crippen LogP contribution in [0.2, 0.25) is 0 Å². The van der Waals surface area contributed by atoms with E-state index in [0.717, 1.165) is 22.9 Å². The Balaban J connectivity index is 2.19. The molecule has 19 heavy (non-hydrogen) atoms. The highest BCUT2D eigenvalue weighted by Gasteiger charge is 2.27. The van der Waals surface area contributed by atoms with E-state index in [1.54, 1.807) is 0 Å². The SMILES string of the molecule is Nc1c(Br)cccc1C(CC1CCCCC1)C(=O)O. The highest BCUT2D eigenvalue weighted by molar-refractivity contribution is 9.10. The molecule has 1 fully saturated rings. The normalized spacial score (nSPS) is 18.2.